The van der Waals surface area contributed by atoms with Crippen LogP contribution in [0.4, 0.5) is 0 Å². The van der Waals surface area contributed by atoms with E-state index in [1.165, 1.54) is 0 Å². The van der Waals surface area contributed by atoms with Gasteiger partial charge in [0.15, 0.2) is 0 Å². The molecule has 16 heavy (non-hydrogen) atoms. The van der Waals surface area contributed by atoms with Crippen molar-refractivity contribution in [2.24, 2.45) is 0 Å². The van der Waals surface area contributed by atoms with Crippen molar-refractivity contribution < 1.29 is 9.47 Å². The second-order valence-electron chi connectivity index (χ2n) is 4.39. The molecule has 0 amide bonds. The molecule has 1 aliphatic rings. The zero-order chi connectivity index (χ0) is 12.2. The first-order valence-electron chi connectivity index (χ1n) is 5.80. The van der Waals surface area contributed by atoms with E-state index >= 15 is 0 Å². The van der Waals surface area contributed by atoms with E-state index in [9.17, 15) is 0 Å². The molecule has 3 nitrogen and oxygen atoms in total. The van der Waals surface area contributed by atoms with Gasteiger partial charge in [0.1, 0.15) is 0 Å². The molecule has 0 aliphatic carbocycles. The largest absolute Gasteiger partial charge is 0.397 e. The molecule has 1 fully saturated rings. The molecule has 0 spiro atoms. The Kier molecular flexibility index (Phi) is 5.41. The fraction of sp³-hybridized carbons (Fsp3) is 1.00. The highest BCUT2D eigenvalue weighted by Crippen LogP contribution is 2.14. The third-order valence-corrected chi connectivity index (χ3v) is 2.63. The number of morpholine rings is 1. The molecule has 1 saturated heterocycles. The van der Waals surface area contributed by atoms with Gasteiger partial charge in [-0.3, -0.25) is 4.90 Å². The Bertz CT molecular complexity index is 209. The molecule has 6 heteroatoms. The van der Waals surface area contributed by atoms with Crippen molar-refractivity contribution in [2.45, 2.75) is 37.8 Å². The van der Waals surface area contributed by atoms with E-state index in [0.29, 0.717) is 6.61 Å². The van der Waals surface area contributed by atoms with E-state index in [1.807, 2.05) is 6.92 Å². The van der Waals surface area contributed by atoms with Crippen LogP contribution in [-0.4, -0.2) is 72.2 Å². The summed E-state index contributed by atoms with van der Waals surface area (Å²) in [6, 6.07) is 0. The fourth-order valence-corrected chi connectivity index (χ4v) is 1.93. The van der Waals surface area contributed by atoms with Gasteiger partial charge in [0.05, 0.1) is 42.4 Å². The minimum absolute atomic E-state index is 0.0182. The first-order valence-corrected chi connectivity index (χ1v) is 5.80. The predicted octanol–water partition coefficient (Wildman–Crippen LogP) is -0.381. The molecular weight excluding hydrogens is 199 g/mol. The highest BCUT2D eigenvalue weighted by molar-refractivity contribution is 6.58. The molecule has 84 valence electrons. The number of ether oxygens (including phenoxy) is 2. The van der Waals surface area contributed by atoms with Gasteiger partial charge in [-0.1, -0.05) is 6.92 Å². The van der Waals surface area contributed by atoms with E-state index in [4.69, 9.17) is 33.0 Å². The molecular formula is C10H18B3NO2. The van der Waals surface area contributed by atoms with E-state index in [0.717, 1.165) is 26.1 Å². The number of hydrogen-bond donors (Lipinski definition) is 0. The summed E-state index contributed by atoms with van der Waals surface area (Å²) in [7, 11) is 16.2. The van der Waals surface area contributed by atoms with Gasteiger partial charge in [-0.2, -0.15) is 0 Å². The standard InChI is InChI=1S/C10H18B3NO2/c1-3-4-14-5-6-15-9(7-14)8(2)16-10(11,12)13/h8-9H,3-7H2,1-2H3. The van der Waals surface area contributed by atoms with Crippen molar-refractivity contribution in [3.63, 3.8) is 0 Å². The Hall–Kier alpha value is 0.0748. The summed E-state index contributed by atoms with van der Waals surface area (Å²) in [6.45, 7) is 7.63. The van der Waals surface area contributed by atoms with Crippen LogP contribution in [0.2, 0.25) is 0 Å². The molecule has 0 N–H and O–H groups in total. The molecule has 2 unspecified atom stereocenters. The Balaban J connectivity index is 2.40. The Morgan fingerprint density at radius 2 is 2.19 bits per heavy atom. The van der Waals surface area contributed by atoms with E-state index in [1.54, 1.807) is 0 Å². The molecule has 1 rings (SSSR count). The minimum Gasteiger partial charge on any atom is -0.397 e. The Morgan fingerprint density at radius 3 is 2.75 bits per heavy atom. The fourth-order valence-electron chi connectivity index (χ4n) is 1.93. The number of rotatable bonds is 5. The van der Waals surface area contributed by atoms with Crippen LogP contribution >= 0.6 is 0 Å². The van der Waals surface area contributed by atoms with Crippen LogP contribution < -0.4 is 0 Å². The summed E-state index contributed by atoms with van der Waals surface area (Å²) in [4.78, 5) is 2.35. The Labute approximate surface area is 102 Å². The smallest absolute Gasteiger partial charge is 0.0960 e. The van der Waals surface area contributed by atoms with E-state index < -0.39 is 5.30 Å². The summed E-state index contributed by atoms with van der Waals surface area (Å²) in [5, 5.41) is -1.59. The minimum atomic E-state index is -1.59. The van der Waals surface area contributed by atoms with Crippen LogP contribution in [0.1, 0.15) is 20.3 Å². The van der Waals surface area contributed by atoms with Gasteiger partial charge in [0.2, 0.25) is 0 Å². The summed E-state index contributed by atoms with van der Waals surface area (Å²) < 4.78 is 10.9. The Morgan fingerprint density at radius 1 is 1.50 bits per heavy atom. The van der Waals surface area contributed by atoms with E-state index in [2.05, 4.69) is 11.8 Å². The van der Waals surface area contributed by atoms with Gasteiger partial charge < -0.3 is 9.47 Å². The van der Waals surface area contributed by atoms with Crippen LogP contribution in [0.3, 0.4) is 0 Å². The highest BCUT2D eigenvalue weighted by atomic mass is 16.5. The molecule has 0 bridgehead atoms. The molecule has 6 radical (unpaired) electrons. The lowest BCUT2D eigenvalue weighted by Crippen LogP contribution is -2.50. The topological polar surface area (TPSA) is 21.7 Å². The summed E-state index contributed by atoms with van der Waals surface area (Å²) in [5.41, 5.74) is 0. The number of nitrogens with zero attached hydrogens (tertiary/aromatic N) is 1. The van der Waals surface area contributed by atoms with Gasteiger partial charge >= 0.3 is 0 Å². The maximum absolute atomic E-state index is 5.63. The average Bonchev–Trinajstić information content (AvgIpc) is 2.16. The first kappa shape index (κ1) is 14.1. The molecule has 1 heterocycles. The lowest BCUT2D eigenvalue weighted by atomic mass is 9.52. The summed E-state index contributed by atoms with van der Waals surface area (Å²) >= 11 is 0. The third kappa shape index (κ3) is 4.94. The van der Waals surface area contributed by atoms with Gasteiger partial charge in [0.25, 0.3) is 0 Å². The van der Waals surface area contributed by atoms with E-state index in [-0.39, 0.29) is 12.2 Å². The van der Waals surface area contributed by atoms with Crippen LogP contribution in [0.15, 0.2) is 0 Å². The second-order valence-corrected chi connectivity index (χ2v) is 4.39. The lowest BCUT2D eigenvalue weighted by Gasteiger charge is -2.38. The molecule has 0 saturated carbocycles. The first-order chi connectivity index (χ1) is 7.42. The molecule has 0 aromatic rings. The second kappa shape index (κ2) is 6.13. The third-order valence-electron chi connectivity index (χ3n) is 2.63. The van der Waals surface area contributed by atoms with Gasteiger partial charge in [-0.25, -0.2) is 0 Å². The zero-order valence-electron chi connectivity index (χ0n) is 10.2. The molecule has 2 atom stereocenters. The number of hydrogen-bond acceptors (Lipinski definition) is 3. The van der Waals surface area contributed by atoms with Crippen molar-refractivity contribution in [1.29, 1.82) is 0 Å². The summed E-state index contributed by atoms with van der Waals surface area (Å²) in [6.07, 6.45) is 0.909. The predicted molar refractivity (Wildman–Crippen MR) is 67.0 cm³/mol. The van der Waals surface area contributed by atoms with Crippen molar-refractivity contribution >= 4 is 23.5 Å². The zero-order valence-corrected chi connectivity index (χ0v) is 10.2. The molecule has 1 aliphatic heterocycles. The van der Waals surface area contributed by atoms with Crippen molar-refractivity contribution in [1.82, 2.24) is 4.90 Å². The van der Waals surface area contributed by atoms with Gasteiger partial charge in [0, 0.05) is 13.1 Å². The summed E-state index contributed by atoms with van der Waals surface area (Å²) in [5.74, 6) is 0. The SMILES string of the molecule is [B]C([B])([B])OC(C)C1CN(CCC)CCO1. The van der Waals surface area contributed by atoms with Crippen LogP contribution in [0, 0.1) is 0 Å². The highest BCUT2D eigenvalue weighted by Gasteiger charge is 2.27. The van der Waals surface area contributed by atoms with Crippen LogP contribution in [0.5, 0.6) is 0 Å². The molecule has 0 aromatic carbocycles. The van der Waals surface area contributed by atoms with Crippen LogP contribution in [-0.2, 0) is 9.47 Å². The quantitative estimate of drug-likeness (QED) is 0.585. The normalized spacial score (nSPS) is 25.5. The van der Waals surface area contributed by atoms with Crippen molar-refractivity contribution in [3.05, 3.63) is 0 Å². The van der Waals surface area contributed by atoms with Gasteiger partial charge in [-0.15, -0.1) is 0 Å². The maximum atomic E-state index is 5.63. The average molecular weight is 217 g/mol. The van der Waals surface area contributed by atoms with Crippen LogP contribution in [0.25, 0.3) is 0 Å². The maximum Gasteiger partial charge on any atom is 0.0960 e. The van der Waals surface area contributed by atoms with Crippen molar-refractivity contribution in [2.75, 3.05) is 26.2 Å². The molecule has 0 aromatic heterocycles. The van der Waals surface area contributed by atoms with Gasteiger partial charge in [-0.05, 0) is 25.2 Å². The monoisotopic (exact) mass is 217 g/mol. The van der Waals surface area contributed by atoms with Crippen molar-refractivity contribution in [3.8, 4) is 0 Å². The lowest BCUT2D eigenvalue weighted by molar-refractivity contribution is -0.107.